The zero-order valence-electron chi connectivity index (χ0n) is 13.2. The Balaban J connectivity index is 2.88. The van der Waals surface area contributed by atoms with Crippen molar-refractivity contribution in [3.8, 4) is 0 Å². The smallest absolute Gasteiger partial charge is 0.150 e. The van der Waals surface area contributed by atoms with E-state index < -0.39 is 0 Å². The van der Waals surface area contributed by atoms with E-state index in [-0.39, 0.29) is 11.6 Å². The molecule has 1 heterocycles. The number of hydrogen-bond acceptors (Lipinski definition) is 4. The Kier molecular flexibility index (Phi) is 5.94. The molecule has 1 N–H and O–H groups in total. The van der Waals surface area contributed by atoms with Crippen LogP contribution in [0.4, 0.5) is 0 Å². The summed E-state index contributed by atoms with van der Waals surface area (Å²) in [5.41, 5.74) is 0.0898. The van der Waals surface area contributed by atoms with Crippen molar-refractivity contribution in [2.24, 2.45) is 0 Å². The summed E-state index contributed by atoms with van der Waals surface area (Å²) in [7, 11) is 1.73. The van der Waals surface area contributed by atoms with Crippen molar-refractivity contribution in [3.63, 3.8) is 0 Å². The van der Waals surface area contributed by atoms with Crippen LogP contribution in [0.25, 0.3) is 0 Å². The van der Waals surface area contributed by atoms with Gasteiger partial charge in [0.2, 0.25) is 0 Å². The molecule has 0 spiro atoms. The lowest BCUT2D eigenvalue weighted by molar-refractivity contribution is 0.142. The van der Waals surface area contributed by atoms with Crippen molar-refractivity contribution in [1.82, 2.24) is 20.1 Å². The molecule has 0 saturated carbocycles. The molecule has 1 aromatic heterocycles. The van der Waals surface area contributed by atoms with Crippen LogP contribution >= 0.6 is 0 Å². The summed E-state index contributed by atoms with van der Waals surface area (Å²) >= 11 is 0. The summed E-state index contributed by atoms with van der Waals surface area (Å²) in [5.74, 6) is 1.95. The summed E-state index contributed by atoms with van der Waals surface area (Å²) in [6.07, 6.45) is 1.76. The van der Waals surface area contributed by atoms with Crippen LogP contribution in [-0.4, -0.2) is 40.6 Å². The maximum Gasteiger partial charge on any atom is 0.150 e. The molecule has 1 rings (SSSR count). The predicted molar refractivity (Wildman–Crippen MR) is 77.4 cm³/mol. The van der Waals surface area contributed by atoms with Crippen LogP contribution in [0.2, 0.25) is 0 Å². The van der Waals surface area contributed by atoms with Gasteiger partial charge in [0.1, 0.15) is 5.82 Å². The SMILES string of the molecule is CCc1nc(CC)n(C(CNC(C)(C)C)COC)n1. The van der Waals surface area contributed by atoms with E-state index in [1.165, 1.54) is 0 Å². The third-order valence-corrected chi connectivity index (χ3v) is 2.95. The van der Waals surface area contributed by atoms with Gasteiger partial charge < -0.3 is 10.1 Å². The van der Waals surface area contributed by atoms with Crippen LogP contribution in [-0.2, 0) is 17.6 Å². The normalized spacial score (nSPS) is 13.8. The molecule has 0 aromatic carbocycles. The van der Waals surface area contributed by atoms with Crippen molar-refractivity contribution in [2.75, 3.05) is 20.3 Å². The quantitative estimate of drug-likeness (QED) is 0.821. The van der Waals surface area contributed by atoms with Crippen LogP contribution in [0.3, 0.4) is 0 Å². The zero-order chi connectivity index (χ0) is 14.5. The minimum Gasteiger partial charge on any atom is -0.382 e. The molecule has 0 aliphatic heterocycles. The second-order valence-electron chi connectivity index (χ2n) is 5.84. The Labute approximate surface area is 116 Å². The van der Waals surface area contributed by atoms with Gasteiger partial charge in [-0.05, 0) is 20.8 Å². The molecule has 19 heavy (non-hydrogen) atoms. The van der Waals surface area contributed by atoms with Crippen molar-refractivity contribution in [1.29, 1.82) is 0 Å². The molecular formula is C14H28N4O. The summed E-state index contributed by atoms with van der Waals surface area (Å²) < 4.78 is 7.37. The second kappa shape index (κ2) is 7.01. The molecule has 0 radical (unpaired) electrons. The van der Waals surface area contributed by atoms with E-state index in [4.69, 9.17) is 4.74 Å². The second-order valence-corrected chi connectivity index (χ2v) is 5.84. The molecule has 5 nitrogen and oxygen atoms in total. The van der Waals surface area contributed by atoms with Crippen LogP contribution in [0.15, 0.2) is 0 Å². The largest absolute Gasteiger partial charge is 0.382 e. The summed E-state index contributed by atoms with van der Waals surface area (Å²) in [4.78, 5) is 4.56. The molecular weight excluding hydrogens is 240 g/mol. The molecule has 0 aliphatic carbocycles. The van der Waals surface area contributed by atoms with E-state index in [0.29, 0.717) is 6.61 Å². The number of nitrogens with one attached hydrogen (secondary N) is 1. The average Bonchev–Trinajstić information content (AvgIpc) is 2.76. The molecule has 0 amide bonds. The minimum absolute atomic E-state index is 0.0898. The van der Waals surface area contributed by atoms with Crippen LogP contribution in [0.5, 0.6) is 0 Å². The van der Waals surface area contributed by atoms with Crippen molar-refractivity contribution in [2.45, 2.75) is 59.0 Å². The monoisotopic (exact) mass is 268 g/mol. The van der Waals surface area contributed by atoms with Crippen molar-refractivity contribution >= 4 is 0 Å². The van der Waals surface area contributed by atoms with Gasteiger partial charge in [-0.3, -0.25) is 0 Å². The Morgan fingerprint density at radius 2 is 1.95 bits per heavy atom. The van der Waals surface area contributed by atoms with Crippen LogP contribution in [0.1, 0.15) is 52.3 Å². The number of aromatic nitrogens is 3. The van der Waals surface area contributed by atoms with Gasteiger partial charge >= 0.3 is 0 Å². The van der Waals surface area contributed by atoms with Crippen LogP contribution < -0.4 is 5.32 Å². The van der Waals surface area contributed by atoms with Gasteiger partial charge in [0, 0.05) is 32.0 Å². The highest BCUT2D eigenvalue weighted by Crippen LogP contribution is 2.12. The fourth-order valence-corrected chi connectivity index (χ4v) is 1.92. The van der Waals surface area contributed by atoms with Gasteiger partial charge in [-0.1, -0.05) is 13.8 Å². The molecule has 1 atom stereocenters. The molecule has 1 aromatic rings. The van der Waals surface area contributed by atoms with E-state index in [2.05, 4.69) is 50.0 Å². The first-order valence-corrected chi connectivity index (χ1v) is 7.09. The first kappa shape index (κ1) is 16.1. The van der Waals surface area contributed by atoms with E-state index in [0.717, 1.165) is 31.0 Å². The number of aryl methyl sites for hydroxylation is 2. The molecule has 110 valence electrons. The lowest BCUT2D eigenvalue weighted by Gasteiger charge is -2.25. The summed E-state index contributed by atoms with van der Waals surface area (Å²) in [5, 5.41) is 8.12. The lowest BCUT2D eigenvalue weighted by atomic mass is 10.1. The Morgan fingerprint density at radius 1 is 1.26 bits per heavy atom. The molecule has 0 bridgehead atoms. The Hall–Kier alpha value is -0.940. The number of ether oxygens (including phenoxy) is 1. The van der Waals surface area contributed by atoms with Gasteiger partial charge in [-0.15, -0.1) is 0 Å². The van der Waals surface area contributed by atoms with Gasteiger partial charge in [0.05, 0.1) is 12.6 Å². The standard InChI is InChI=1S/C14H28N4O/c1-7-12-16-13(8-2)18(17-12)11(10-19-6)9-15-14(3,4)5/h11,15H,7-10H2,1-6H3. The molecule has 0 saturated heterocycles. The number of nitrogens with zero attached hydrogens (tertiary/aromatic N) is 3. The highest BCUT2D eigenvalue weighted by Gasteiger charge is 2.19. The van der Waals surface area contributed by atoms with E-state index in [1.54, 1.807) is 7.11 Å². The van der Waals surface area contributed by atoms with Crippen molar-refractivity contribution < 1.29 is 4.74 Å². The fraction of sp³-hybridized carbons (Fsp3) is 0.857. The van der Waals surface area contributed by atoms with Gasteiger partial charge in [-0.2, -0.15) is 5.10 Å². The van der Waals surface area contributed by atoms with Gasteiger partial charge in [-0.25, -0.2) is 9.67 Å². The number of rotatable bonds is 7. The Bertz CT molecular complexity index is 381. The third-order valence-electron chi connectivity index (χ3n) is 2.95. The number of methoxy groups -OCH3 is 1. The van der Waals surface area contributed by atoms with Crippen LogP contribution in [0, 0.1) is 0 Å². The highest BCUT2D eigenvalue weighted by atomic mass is 16.5. The molecule has 5 heteroatoms. The number of hydrogen-bond donors (Lipinski definition) is 1. The molecule has 1 unspecified atom stereocenters. The lowest BCUT2D eigenvalue weighted by Crippen LogP contribution is -2.41. The first-order chi connectivity index (χ1) is 8.91. The maximum absolute atomic E-state index is 5.34. The summed E-state index contributed by atoms with van der Waals surface area (Å²) in [6, 6.07) is 0.187. The summed E-state index contributed by atoms with van der Waals surface area (Å²) in [6.45, 7) is 12.2. The molecule has 0 aliphatic rings. The third kappa shape index (κ3) is 4.91. The van der Waals surface area contributed by atoms with Gasteiger partial charge in [0.15, 0.2) is 5.82 Å². The van der Waals surface area contributed by atoms with E-state index in [1.807, 2.05) is 4.68 Å². The van der Waals surface area contributed by atoms with E-state index in [9.17, 15) is 0 Å². The molecule has 0 fully saturated rings. The van der Waals surface area contributed by atoms with E-state index >= 15 is 0 Å². The topological polar surface area (TPSA) is 52.0 Å². The predicted octanol–water partition coefficient (Wildman–Crippen LogP) is 1.98. The fourth-order valence-electron chi connectivity index (χ4n) is 1.92. The van der Waals surface area contributed by atoms with Gasteiger partial charge in [0.25, 0.3) is 0 Å². The Morgan fingerprint density at radius 3 is 2.42 bits per heavy atom. The highest BCUT2D eigenvalue weighted by molar-refractivity contribution is 4.95. The van der Waals surface area contributed by atoms with Crippen molar-refractivity contribution in [3.05, 3.63) is 11.6 Å². The maximum atomic E-state index is 5.34. The average molecular weight is 268 g/mol. The first-order valence-electron chi connectivity index (χ1n) is 7.09. The minimum atomic E-state index is 0.0898. The zero-order valence-corrected chi connectivity index (χ0v) is 13.2.